The second kappa shape index (κ2) is 6.10. The fraction of sp³-hybridized carbons (Fsp3) is 0.667. The van der Waals surface area contributed by atoms with E-state index in [1.165, 1.54) is 19.3 Å². The van der Waals surface area contributed by atoms with Crippen LogP contribution in [0.25, 0.3) is 0 Å². The Hall–Kier alpha value is -0.240. The molecule has 0 aromatic heterocycles. The zero-order chi connectivity index (χ0) is 15.8. The first kappa shape index (κ1) is 17.1. The lowest BCUT2D eigenvalue weighted by atomic mass is 9.63. The van der Waals surface area contributed by atoms with Gasteiger partial charge >= 0.3 is 0 Å². The summed E-state index contributed by atoms with van der Waals surface area (Å²) in [5.74, 6) is 0. The summed E-state index contributed by atoms with van der Waals surface area (Å²) in [6, 6.07) is 6.43. The maximum atomic E-state index is 6.32. The zero-order valence-electron chi connectivity index (χ0n) is 13.8. The van der Waals surface area contributed by atoms with Gasteiger partial charge in [-0.05, 0) is 60.8 Å². The summed E-state index contributed by atoms with van der Waals surface area (Å²) in [4.78, 5) is 0. The van der Waals surface area contributed by atoms with Gasteiger partial charge in [0.15, 0.2) is 0 Å². The highest BCUT2D eigenvalue weighted by atomic mass is 35.5. The topological polar surface area (TPSA) is 12.0 Å². The Kier molecular flexibility index (Phi) is 4.97. The van der Waals surface area contributed by atoms with Gasteiger partial charge in [0, 0.05) is 22.1 Å². The van der Waals surface area contributed by atoms with Crippen LogP contribution in [-0.2, 0) is 0 Å². The van der Waals surface area contributed by atoms with Gasteiger partial charge in [0.1, 0.15) is 0 Å². The molecule has 0 radical (unpaired) electrons. The van der Waals surface area contributed by atoms with Crippen molar-refractivity contribution in [2.24, 2.45) is 10.8 Å². The van der Waals surface area contributed by atoms with Crippen molar-refractivity contribution >= 4 is 23.2 Å². The molecule has 1 nitrogen and oxygen atoms in total. The molecule has 21 heavy (non-hydrogen) atoms. The van der Waals surface area contributed by atoms with E-state index < -0.39 is 0 Å². The second-order valence-corrected chi connectivity index (χ2v) is 9.01. The Balaban J connectivity index is 2.12. The lowest BCUT2D eigenvalue weighted by Crippen LogP contribution is -2.44. The molecular formula is C18H27Cl2N. The van der Waals surface area contributed by atoms with Crippen molar-refractivity contribution in [3.8, 4) is 0 Å². The van der Waals surface area contributed by atoms with Crippen molar-refractivity contribution in [2.75, 3.05) is 0 Å². The van der Waals surface area contributed by atoms with Crippen LogP contribution >= 0.6 is 23.2 Å². The van der Waals surface area contributed by atoms with Crippen molar-refractivity contribution < 1.29 is 0 Å². The van der Waals surface area contributed by atoms with Gasteiger partial charge in [0.2, 0.25) is 0 Å². The molecule has 0 spiro atoms. The molecule has 118 valence electrons. The van der Waals surface area contributed by atoms with Crippen LogP contribution in [0.5, 0.6) is 0 Å². The standard InChI is InChI=1S/C18H27Cl2N/c1-12(15-8-13(19)6-7-16(15)20)21-14-9-17(2,3)11-18(4,5)10-14/h6-8,12,14,21H,9-11H2,1-5H3. The zero-order valence-corrected chi connectivity index (χ0v) is 15.3. The van der Waals surface area contributed by atoms with Crippen LogP contribution in [0.1, 0.15) is 65.5 Å². The molecule has 1 fully saturated rings. The highest BCUT2D eigenvalue weighted by Gasteiger charge is 2.38. The number of rotatable bonds is 3. The van der Waals surface area contributed by atoms with Gasteiger partial charge in [0.05, 0.1) is 0 Å². The molecule has 1 aromatic rings. The Bertz CT molecular complexity index is 492. The SMILES string of the molecule is CC(NC1CC(C)(C)CC(C)(C)C1)c1cc(Cl)ccc1Cl. The van der Waals surface area contributed by atoms with E-state index in [0.29, 0.717) is 16.9 Å². The summed E-state index contributed by atoms with van der Waals surface area (Å²) in [6.07, 6.45) is 3.70. The summed E-state index contributed by atoms with van der Waals surface area (Å²) in [5.41, 5.74) is 1.86. The number of hydrogen-bond acceptors (Lipinski definition) is 1. The maximum absolute atomic E-state index is 6.32. The number of hydrogen-bond donors (Lipinski definition) is 1. The van der Waals surface area contributed by atoms with Gasteiger partial charge in [-0.15, -0.1) is 0 Å². The summed E-state index contributed by atoms with van der Waals surface area (Å²) in [5, 5.41) is 5.30. The van der Waals surface area contributed by atoms with E-state index >= 15 is 0 Å². The lowest BCUT2D eigenvalue weighted by Gasteiger charge is -2.46. The molecular weight excluding hydrogens is 301 g/mol. The smallest absolute Gasteiger partial charge is 0.0454 e. The van der Waals surface area contributed by atoms with E-state index in [2.05, 4.69) is 39.9 Å². The van der Waals surface area contributed by atoms with Gasteiger partial charge in [-0.25, -0.2) is 0 Å². The van der Waals surface area contributed by atoms with Crippen LogP contribution in [0, 0.1) is 10.8 Å². The van der Waals surface area contributed by atoms with Crippen LogP contribution in [0.2, 0.25) is 10.0 Å². The average Bonchev–Trinajstić information content (AvgIpc) is 2.27. The van der Waals surface area contributed by atoms with Gasteiger partial charge in [-0.1, -0.05) is 50.9 Å². The van der Waals surface area contributed by atoms with E-state index in [4.69, 9.17) is 23.2 Å². The number of nitrogens with one attached hydrogen (secondary N) is 1. The van der Waals surface area contributed by atoms with Gasteiger partial charge in [-0.3, -0.25) is 0 Å². The Morgan fingerprint density at radius 1 is 1.10 bits per heavy atom. The minimum atomic E-state index is 0.214. The quantitative estimate of drug-likeness (QED) is 0.691. The van der Waals surface area contributed by atoms with E-state index in [1.54, 1.807) is 0 Å². The van der Waals surface area contributed by atoms with E-state index in [0.717, 1.165) is 15.6 Å². The summed E-state index contributed by atoms with van der Waals surface area (Å²) in [7, 11) is 0. The van der Waals surface area contributed by atoms with E-state index in [1.807, 2.05) is 18.2 Å². The molecule has 0 aliphatic heterocycles. The summed E-state index contributed by atoms with van der Waals surface area (Å²) < 4.78 is 0. The minimum Gasteiger partial charge on any atom is -0.307 e. The number of halogens is 2. The van der Waals surface area contributed by atoms with Crippen LogP contribution < -0.4 is 5.32 Å². The molecule has 1 aromatic carbocycles. The summed E-state index contributed by atoms with van der Waals surface area (Å²) >= 11 is 12.4. The monoisotopic (exact) mass is 327 g/mol. The second-order valence-electron chi connectivity index (χ2n) is 8.16. The minimum absolute atomic E-state index is 0.214. The molecule has 1 saturated carbocycles. The molecule has 3 heteroatoms. The highest BCUT2D eigenvalue weighted by Crippen LogP contribution is 2.46. The predicted molar refractivity (Wildman–Crippen MR) is 93.2 cm³/mol. The first-order valence-corrected chi connectivity index (χ1v) is 8.55. The third-order valence-corrected chi connectivity index (χ3v) is 5.04. The molecule has 1 atom stereocenters. The van der Waals surface area contributed by atoms with Gasteiger partial charge < -0.3 is 5.32 Å². The number of benzene rings is 1. The van der Waals surface area contributed by atoms with E-state index in [9.17, 15) is 0 Å². The van der Waals surface area contributed by atoms with Crippen molar-refractivity contribution in [3.63, 3.8) is 0 Å². The lowest BCUT2D eigenvalue weighted by molar-refractivity contribution is 0.0811. The molecule has 1 unspecified atom stereocenters. The largest absolute Gasteiger partial charge is 0.307 e. The van der Waals surface area contributed by atoms with Crippen molar-refractivity contribution in [2.45, 2.75) is 66.0 Å². The molecule has 0 saturated heterocycles. The first-order chi connectivity index (χ1) is 9.58. The molecule has 0 bridgehead atoms. The molecule has 0 amide bonds. The molecule has 1 aliphatic rings. The predicted octanol–water partition coefficient (Wildman–Crippen LogP) is 6.25. The Morgan fingerprint density at radius 3 is 2.24 bits per heavy atom. The van der Waals surface area contributed by atoms with Gasteiger partial charge in [0.25, 0.3) is 0 Å². The van der Waals surface area contributed by atoms with Crippen LogP contribution in [-0.4, -0.2) is 6.04 Å². The normalized spacial score (nSPS) is 23.0. The van der Waals surface area contributed by atoms with Crippen LogP contribution in [0.3, 0.4) is 0 Å². The first-order valence-electron chi connectivity index (χ1n) is 7.79. The van der Waals surface area contributed by atoms with Crippen LogP contribution in [0.4, 0.5) is 0 Å². The van der Waals surface area contributed by atoms with Crippen molar-refractivity contribution in [1.29, 1.82) is 0 Å². The molecule has 0 heterocycles. The van der Waals surface area contributed by atoms with Crippen molar-refractivity contribution in [3.05, 3.63) is 33.8 Å². The molecule has 2 rings (SSSR count). The Labute approximate surface area is 139 Å². The third-order valence-electron chi connectivity index (χ3n) is 4.47. The third kappa shape index (κ3) is 4.61. The fourth-order valence-corrected chi connectivity index (χ4v) is 4.72. The highest BCUT2D eigenvalue weighted by molar-refractivity contribution is 6.33. The van der Waals surface area contributed by atoms with Crippen molar-refractivity contribution in [1.82, 2.24) is 5.32 Å². The van der Waals surface area contributed by atoms with Crippen LogP contribution in [0.15, 0.2) is 18.2 Å². The fourth-order valence-electron chi connectivity index (χ4n) is 4.25. The summed E-state index contributed by atoms with van der Waals surface area (Å²) in [6.45, 7) is 11.7. The Morgan fingerprint density at radius 2 is 1.67 bits per heavy atom. The average molecular weight is 328 g/mol. The molecule has 1 N–H and O–H groups in total. The van der Waals surface area contributed by atoms with E-state index in [-0.39, 0.29) is 6.04 Å². The van der Waals surface area contributed by atoms with Gasteiger partial charge in [-0.2, -0.15) is 0 Å². The maximum Gasteiger partial charge on any atom is 0.0454 e. The molecule has 1 aliphatic carbocycles.